The maximum Gasteiger partial charge on any atom is 0.194 e. The van der Waals surface area contributed by atoms with Gasteiger partial charge in [0.1, 0.15) is 6.26 Å². The summed E-state index contributed by atoms with van der Waals surface area (Å²) in [6.45, 7) is 11.5. The summed E-state index contributed by atoms with van der Waals surface area (Å²) in [7, 11) is 0. The van der Waals surface area contributed by atoms with Crippen molar-refractivity contribution in [2.45, 2.75) is 44.7 Å². The number of thioether (sulfide) groups is 1. The number of aliphatic imine (C=N–C) groups is 1. The van der Waals surface area contributed by atoms with Gasteiger partial charge in [0, 0.05) is 75.5 Å². The van der Waals surface area contributed by atoms with E-state index < -0.39 is 0 Å². The van der Waals surface area contributed by atoms with Crippen molar-refractivity contribution in [1.82, 2.24) is 25.2 Å². The highest BCUT2D eigenvalue weighted by Crippen LogP contribution is 2.37. The van der Waals surface area contributed by atoms with Crippen molar-refractivity contribution in [2.24, 2.45) is 4.99 Å². The number of piperazine rings is 1. The van der Waals surface area contributed by atoms with Crippen LogP contribution in [0.15, 0.2) is 21.8 Å². The Morgan fingerprint density at radius 2 is 1.93 bits per heavy atom. The molecule has 0 aromatic carbocycles. The fourth-order valence-electron chi connectivity index (χ4n) is 4.96. The van der Waals surface area contributed by atoms with Crippen molar-refractivity contribution in [1.29, 1.82) is 0 Å². The van der Waals surface area contributed by atoms with Crippen LogP contribution in [0.1, 0.15) is 38.3 Å². The van der Waals surface area contributed by atoms with Gasteiger partial charge in [-0.3, -0.25) is 14.8 Å². The molecule has 3 heterocycles. The van der Waals surface area contributed by atoms with Gasteiger partial charge in [-0.2, -0.15) is 11.8 Å². The van der Waals surface area contributed by atoms with Gasteiger partial charge in [0.25, 0.3) is 0 Å². The van der Waals surface area contributed by atoms with E-state index in [-0.39, 0.29) is 0 Å². The molecule has 2 saturated heterocycles. The Morgan fingerprint density at radius 1 is 1.17 bits per heavy atom. The summed E-state index contributed by atoms with van der Waals surface area (Å²) in [5.41, 5.74) is 1.32. The van der Waals surface area contributed by atoms with Crippen molar-refractivity contribution < 1.29 is 4.52 Å². The standard InChI is InChI=1S/C21H36N6OS/c1-2-22-20(26-10-8-25(9-11-26)17-19-5-14-28-24-19)23-18-21(6-3-4-7-21)27-12-15-29-16-13-27/h5,14H,2-4,6-13,15-18H2,1H3,(H,22,23). The Kier molecular flexibility index (Phi) is 7.37. The van der Waals surface area contributed by atoms with Crippen LogP contribution in [0.2, 0.25) is 0 Å². The first kappa shape index (κ1) is 21.0. The van der Waals surface area contributed by atoms with Crippen molar-refractivity contribution in [3.05, 3.63) is 18.0 Å². The van der Waals surface area contributed by atoms with E-state index in [9.17, 15) is 0 Å². The fourth-order valence-corrected chi connectivity index (χ4v) is 5.86. The first-order valence-corrected chi connectivity index (χ1v) is 12.4. The normalized spacial score (nSPS) is 24.2. The molecule has 8 heteroatoms. The maximum atomic E-state index is 5.20. The molecule has 4 rings (SSSR count). The molecule has 3 aliphatic rings. The molecule has 0 unspecified atom stereocenters. The van der Waals surface area contributed by atoms with Crippen LogP contribution in [-0.2, 0) is 6.54 Å². The maximum absolute atomic E-state index is 5.20. The van der Waals surface area contributed by atoms with Gasteiger partial charge in [0.05, 0.1) is 12.2 Å². The van der Waals surface area contributed by atoms with Crippen LogP contribution in [0, 0.1) is 0 Å². The topological polar surface area (TPSA) is 60.1 Å². The van der Waals surface area contributed by atoms with Crippen LogP contribution < -0.4 is 5.32 Å². The molecule has 3 fully saturated rings. The summed E-state index contributed by atoms with van der Waals surface area (Å²) < 4.78 is 4.97. The van der Waals surface area contributed by atoms with Crippen molar-refractivity contribution in [3.63, 3.8) is 0 Å². The smallest absolute Gasteiger partial charge is 0.194 e. The molecule has 7 nitrogen and oxygen atoms in total. The van der Waals surface area contributed by atoms with Gasteiger partial charge in [-0.05, 0) is 19.8 Å². The molecule has 1 aromatic heterocycles. The summed E-state index contributed by atoms with van der Waals surface area (Å²) >= 11 is 2.10. The molecule has 0 bridgehead atoms. The molecule has 29 heavy (non-hydrogen) atoms. The van der Waals surface area contributed by atoms with Gasteiger partial charge < -0.3 is 14.7 Å². The number of nitrogens with zero attached hydrogens (tertiary/aromatic N) is 5. The Morgan fingerprint density at radius 3 is 2.59 bits per heavy atom. The molecule has 0 spiro atoms. The quantitative estimate of drug-likeness (QED) is 0.559. The number of hydrogen-bond acceptors (Lipinski definition) is 6. The summed E-state index contributed by atoms with van der Waals surface area (Å²) in [4.78, 5) is 12.9. The van der Waals surface area contributed by atoms with Gasteiger partial charge in [-0.25, -0.2) is 0 Å². The summed E-state index contributed by atoms with van der Waals surface area (Å²) in [5, 5.41) is 7.61. The zero-order chi connectivity index (χ0) is 19.9. The minimum Gasteiger partial charge on any atom is -0.364 e. The average molecular weight is 421 g/mol. The van der Waals surface area contributed by atoms with Crippen LogP contribution in [0.5, 0.6) is 0 Å². The predicted octanol–water partition coefficient (Wildman–Crippen LogP) is 2.12. The van der Waals surface area contributed by atoms with Gasteiger partial charge in [0.15, 0.2) is 5.96 Å². The number of aromatic nitrogens is 1. The molecular formula is C21H36N6OS. The number of nitrogens with one attached hydrogen (secondary N) is 1. The van der Waals surface area contributed by atoms with Crippen LogP contribution in [0.25, 0.3) is 0 Å². The highest BCUT2D eigenvalue weighted by molar-refractivity contribution is 7.99. The van der Waals surface area contributed by atoms with Crippen LogP contribution in [0.3, 0.4) is 0 Å². The molecule has 1 aliphatic carbocycles. The molecule has 0 atom stereocenters. The minimum absolute atomic E-state index is 0.302. The third-order valence-electron chi connectivity index (χ3n) is 6.62. The Hall–Kier alpha value is -1.25. The Labute approximate surface area is 179 Å². The lowest BCUT2D eigenvalue weighted by Crippen LogP contribution is -2.55. The summed E-state index contributed by atoms with van der Waals surface area (Å²) in [6, 6.07) is 1.96. The lowest BCUT2D eigenvalue weighted by Gasteiger charge is -2.43. The van der Waals surface area contributed by atoms with Crippen molar-refractivity contribution in [3.8, 4) is 0 Å². The molecule has 1 aromatic rings. The van der Waals surface area contributed by atoms with E-state index >= 15 is 0 Å². The van der Waals surface area contributed by atoms with Gasteiger partial charge in [-0.1, -0.05) is 18.0 Å². The zero-order valence-corrected chi connectivity index (χ0v) is 18.6. The van der Waals surface area contributed by atoms with Gasteiger partial charge in [-0.15, -0.1) is 0 Å². The molecule has 0 amide bonds. The Balaban J connectivity index is 1.37. The zero-order valence-electron chi connectivity index (χ0n) is 17.8. The SMILES string of the molecule is CCNC(=NCC1(N2CCSCC2)CCCC1)N1CCN(Cc2ccon2)CC1. The molecule has 1 N–H and O–H groups in total. The summed E-state index contributed by atoms with van der Waals surface area (Å²) in [6.07, 6.45) is 6.99. The van der Waals surface area contributed by atoms with Crippen molar-refractivity contribution in [2.75, 3.05) is 63.9 Å². The number of guanidine groups is 1. The fraction of sp³-hybridized carbons (Fsp3) is 0.810. The highest BCUT2D eigenvalue weighted by atomic mass is 32.2. The van der Waals surface area contributed by atoms with Crippen LogP contribution >= 0.6 is 11.8 Å². The molecule has 2 aliphatic heterocycles. The molecule has 1 saturated carbocycles. The van der Waals surface area contributed by atoms with E-state index in [1.165, 1.54) is 50.3 Å². The average Bonchev–Trinajstić information content (AvgIpc) is 3.45. The van der Waals surface area contributed by atoms with Crippen molar-refractivity contribution >= 4 is 17.7 Å². The second kappa shape index (κ2) is 10.2. The first-order valence-electron chi connectivity index (χ1n) is 11.3. The highest BCUT2D eigenvalue weighted by Gasteiger charge is 2.40. The lowest BCUT2D eigenvalue weighted by atomic mass is 9.95. The minimum atomic E-state index is 0.302. The largest absolute Gasteiger partial charge is 0.364 e. The third-order valence-corrected chi connectivity index (χ3v) is 7.57. The van der Waals surface area contributed by atoms with E-state index in [2.05, 4.69) is 43.9 Å². The van der Waals surface area contributed by atoms with Gasteiger partial charge >= 0.3 is 0 Å². The summed E-state index contributed by atoms with van der Waals surface area (Å²) in [5.74, 6) is 3.66. The van der Waals surface area contributed by atoms with E-state index in [4.69, 9.17) is 9.52 Å². The molecule has 162 valence electrons. The van der Waals surface area contributed by atoms with E-state index in [1.54, 1.807) is 6.26 Å². The Bertz CT molecular complexity index is 632. The lowest BCUT2D eigenvalue weighted by molar-refractivity contribution is 0.111. The van der Waals surface area contributed by atoms with E-state index in [0.717, 1.165) is 57.5 Å². The predicted molar refractivity (Wildman–Crippen MR) is 119 cm³/mol. The van der Waals surface area contributed by atoms with E-state index in [1.807, 2.05) is 6.07 Å². The molecule has 0 radical (unpaired) electrons. The van der Waals surface area contributed by atoms with Crippen LogP contribution in [-0.4, -0.2) is 95.2 Å². The molecular weight excluding hydrogens is 384 g/mol. The second-order valence-corrected chi connectivity index (χ2v) is 9.68. The van der Waals surface area contributed by atoms with E-state index in [0.29, 0.717) is 5.54 Å². The second-order valence-electron chi connectivity index (χ2n) is 8.46. The monoisotopic (exact) mass is 420 g/mol. The van der Waals surface area contributed by atoms with Gasteiger partial charge in [0.2, 0.25) is 0 Å². The number of rotatable bonds is 6. The first-order chi connectivity index (χ1) is 14.3. The van der Waals surface area contributed by atoms with Crippen LogP contribution in [0.4, 0.5) is 0 Å². The third kappa shape index (κ3) is 5.27. The number of hydrogen-bond donors (Lipinski definition) is 1.